The lowest BCUT2D eigenvalue weighted by atomic mass is 9.48. The molecule has 14 heteroatoms. The molecule has 2 bridgehead atoms. The second-order valence-corrected chi connectivity index (χ2v) is 13.6. The summed E-state index contributed by atoms with van der Waals surface area (Å²) in [5.41, 5.74) is 0.801. The summed E-state index contributed by atoms with van der Waals surface area (Å²) >= 11 is 6.15. The molecule has 46 heavy (non-hydrogen) atoms. The Morgan fingerprint density at radius 2 is 1.65 bits per heavy atom. The van der Waals surface area contributed by atoms with Crippen LogP contribution in [0.2, 0.25) is 5.02 Å². The Morgan fingerprint density at radius 3 is 2.30 bits per heavy atom. The zero-order chi connectivity index (χ0) is 32.9. The number of amides is 2. The summed E-state index contributed by atoms with van der Waals surface area (Å²) in [7, 11) is 0. The highest BCUT2D eigenvalue weighted by Gasteiger charge is 2.74. The lowest BCUT2D eigenvalue weighted by Crippen LogP contribution is -2.78. The highest BCUT2D eigenvalue weighted by molar-refractivity contribution is 6.32. The van der Waals surface area contributed by atoms with E-state index < -0.39 is 47.3 Å². The number of hydrogen-bond acceptors (Lipinski definition) is 10. The number of likely N-dealkylation sites (tertiary alicyclic amines) is 1. The molecule has 3 heterocycles. The first-order valence-electron chi connectivity index (χ1n) is 15.3. The highest BCUT2D eigenvalue weighted by atomic mass is 35.5. The van der Waals surface area contributed by atoms with E-state index in [1.54, 1.807) is 24.3 Å². The summed E-state index contributed by atoms with van der Waals surface area (Å²) < 4.78 is 6.55. The van der Waals surface area contributed by atoms with Crippen LogP contribution in [0.4, 0.5) is 0 Å². The molecule has 2 saturated carbocycles. The number of fused-ring (bicyclic) bond motifs is 1. The Morgan fingerprint density at radius 1 is 0.978 bits per heavy atom. The molecule has 13 nitrogen and oxygen atoms in total. The summed E-state index contributed by atoms with van der Waals surface area (Å²) in [5, 5.41) is 56.4. The van der Waals surface area contributed by atoms with Crippen molar-refractivity contribution in [3.8, 4) is 11.5 Å². The summed E-state index contributed by atoms with van der Waals surface area (Å²) in [5.74, 6) is -3.09. The molecule has 1 saturated heterocycles. The number of phenolic OH excluding ortho intramolecular Hbond substituents is 1. The van der Waals surface area contributed by atoms with Gasteiger partial charge >= 0.3 is 11.9 Å². The fraction of sp³-hybridized carbons (Fsp3) is 0.500. The van der Waals surface area contributed by atoms with E-state index in [1.807, 2.05) is 6.07 Å². The maximum atomic E-state index is 13.6. The van der Waals surface area contributed by atoms with Crippen LogP contribution in [0.25, 0.3) is 0 Å². The van der Waals surface area contributed by atoms with E-state index in [0.717, 1.165) is 24.2 Å². The number of aliphatic carboxylic acids is 2. The van der Waals surface area contributed by atoms with Crippen molar-refractivity contribution >= 4 is 35.4 Å². The van der Waals surface area contributed by atoms with Crippen LogP contribution in [0.3, 0.4) is 0 Å². The molecule has 244 valence electrons. The van der Waals surface area contributed by atoms with Crippen molar-refractivity contribution in [3.63, 3.8) is 0 Å². The number of aromatic hydroxyl groups is 1. The minimum Gasteiger partial charge on any atom is -0.504 e. The van der Waals surface area contributed by atoms with Crippen LogP contribution in [0.5, 0.6) is 11.5 Å². The smallest absolute Gasteiger partial charge is 0.335 e. The van der Waals surface area contributed by atoms with Gasteiger partial charge in [-0.15, -0.1) is 0 Å². The molecular formula is C32H33ClN2O11. The van der Waals surface area contributed by atoms with Crippen LogP contribution in [-0.4, -0.2) is 113 Å². The summed E-state index contributed by atoms with van der Waals surface area (Å²) in [6.07, 6.45) is -0.382. The molecular weight excluding hydrogens is 624 g/mol. The third-order valence-electron chi connectivity index (χ3n) is 10.7. The van der Waals surface area contributed by atoms with Crippen molar-refractivity contribution in [1.29, 1.82) is 0 Å². The average molecular weight is 657 g/mol. The summed E-state index contributed by atoms with van der Waals surface area (Å²) in [4.78, 5) is 50.4. The molecule has 8 rings (SSSR count). The Bertz CT molecular complexity index is 1660. The second-order valence-electron chi connectivity index (χ2n) is 13.1. The quantitative estimate of drug-likeness (QED) is 0.242. The zero-order valence-corrected chi connectivity index (χ0v) is 25.3. The number of ether oxygens (including phenoxy) is 1. The first kappa shape index (κ1) is 30.9. The molecule has 2 aromatic carbocycles. The maximum Gasteiger partial charge on any atom is 0.335 e. The van der Waals surface area contributed by atoms with Crippen LogP contribution < -0.4 is 4.74 Å². The average Bonchev–Trinajstić information content (AvgIpc) is 3.71. The van der Waals surface area contributed by atoms with Crippen molar-refractivity contribution in [2.24, 2.45) is 5.92 Å². The minimum atomic E-state index is -2.27. The maximum absolute atomic E-state index is 13.6. The van der Waals surface area contributed by atoms with Crippen LogP contribution in [-0.2, 0) is 21.4 Å². The molecule has 2 aromatic rings. The third-order valence-corrected chi connectivity index (χ3v) is 11.0. The van der Waals surface area contributed by atoms with E-state index in [2.05, 4.69) is 4.90 Å². The lowest BCUT2D eigenvalue weighted by molar-refractivity contribution is -0.196. The number of aliphatic hydroxyl groups excluding tert-OH is 2. The molecule has 6 N–H and O–H groups in total. The molecule has 7 atom stereocenters. The first-order chi connectivity index (χ1) is 21.8. The number of piperidine rings is 1. The van der Waals surface area contributed by atoms with Gasteiger partial charge in [-0.2, -0.15) is 0 Å². The predicted molar refractivity (Wildman–Crippen MR) is 158 cm³/mol. The number of halogens is 1. The fourth-order valence-electron chi connectivity index (χ4n) is 8.52. The van der Waals surface area contributed by atoms with Gasteiger partial charge in [0.05, 0.1) is 28.2 Å². The molecule has 2 unspecified atom stereocenters. The standard InChI is InChI=1S/C28H27ClN2O5.C4H6O6/c29-16-4-5-17-18(12-16)26(34)31(25(17)33)19-7-8-28(35)21-11-15-3-6-20(32)23-22(15)27(28,24(19)36-23)9-10-30(21)13-14-1-2-14;5-1(3(7)8)2(6)4(9)10/h3-6,12,14,19,21,24,32,35H,1-2,7-11,13H2;1-2,5-6H,(H,7,8)(H,9,10)/t19-,21-,24+,27+,28-;/m1./s1. The van der Waals surface area contributed by atoms with Crippen molar-refractivity contribution < 1.29 is 54.6 Å². The molecule has 0 radical (unpaired) electrons. The molecule has 3 fully saturated rings. The minimum absolute atomic E-state index is 0.0478. The number of carbonyl (C=O) groups is 4. The van der Waals surface area contributed by atoms with Crippen LogP contribution >= 0.6 is 11.6 Å². The van der Waals surface area contributed by atoms with E-state index in [4.69, 9.17) is 36.8 Å². The Kier molecular flexibility index (Phi) is 7.14. The van der Waals surface area contributed by atoms with Gasteiger partial charge in [0.25, 0.3) is 11.8 Å². The number of hydrogen-bond donors (Lipinski definition) is 6. The number of rotatable bonds is 6. The molecule has 0 aromatic heterocycles. The summed E-state index contributed by atoms with van der Waals surface area (Å²) in [6.45, 7) is 1.82. The van der Waals surface area contributed by atoms with Gasteiger partial charge in [-0.05, 0) is 80.8 Å². The second kappa shape index (κ2) is 10.6. The molecule has 6 aliphatic rings. The van der Waals surface area contributed by atoms with Crippen molar-refractivity contribution in [3.05, 3.63) is 57.6 Å². The predicted octanol–water partition coefficient (Wildman–Crippen LogP) is 1.15. The van der Waals surface area contributed by atoms with E-state index >= 15 is 0 Å². The third kappa shape index (κ3) is 4.29. The number of phenols is 1. The normalized spacial score (nSPS) is 31.7. The number of carboxylic acids is 2. The van der Waals surface area contributed by atoms with Gasteiger partial charge in [-0.25, -0.2) is 9.59 Å². The van der Waals surface area contributed by atoms with Gasteiger partial charge in [0, 0.05) is 23.2 Å². The number of carboxylic acid groups (broad SMARTS) is 2. The van der Waals surface area contributed by atoms with E-state index in [0.29, 0.717) is 53.5 Å². The SMILES string of the molecule is O=C(O)C(O)C(O)C(=O)O.O=C1c2ccc(Cl)cc2C(=O)N1[C@@H]1CC[C@@]2(O)[C@H]3Cc4ccc(O)c5c4[C@@]2(CCN3CC2CC2)[C@H]1O5. The van der Waals surface area contributed by atoms with Gasteiger partial charge in [-0.1, -0.05) is 17.7 Å². The van der Waals surface area contributed by atoms with E-state index in [1.165, 1.54) is 17.7 Å². The van der Waals surface area contributed by atoms with Crippen LogP contribution in [0.15, 0.2) is 30.3 Å². The molecule has 2 amide bonds. The number of aliphatic hydroxyl groups is 3. The molecule has 3 aliphatic carbocycles. The Balaban J connectivity index is 0.000000296. The highest BCUT2D eigenvalue weighted by Crippen LogP contribution is 2.66. The van der Waals surface area contributed by atoms with Crippen LogP contribution in [0, 0.1) is 5.92 Å². The van der Waals surface area contributed by atoms with Gasteiger partial charge < -0.3 is 35.4 Å². The largest absolute Gasteiger partial charge is 0.504 e. The van der Waals surface area contributed by atoms with Crippen molar-refractivity contribution in [2.45, 2.75) is 79.9 Å². The van der Waals surface area contributed by atoms with E-state index in [-0.39, 0.29) is 23.6 Å². The fourth-order valence-corrected chi connectivity index (χ4v) is 8.69. The number of carbonyl (C=O) groups excluding carboxylic acids is 2. The van der Waals surface area contributed by atoms with Crippen molar-refractivity contribution in [2.75, 3.05) is 13.1 Å². The molecule has 3 aliphatic heterocycles. The zero-order valence-electron chi connectivity index (χ0n) is 24.5. The van der Waals surface area contributed by atoms with Crippen molar-refractivity contribution in [1.82, 2.24) is 9.80 Å². The monoisotopic (exact) mass is 656 g/mol. The van der Waals surface area contributed by atoms with Crippen LogP contribution in [0.1, 0.15) is 63.9 Å². The molecule has 1 spiro atoms. The Labute approximate surface area is 267 Å². The van der Waals surface area contributed by atoms with Gasteiger partial charge in [0.2, 0.25) is 0 Å². The lowest BCUT2D eigenvalue weighted by Gasteiger charge is -2.64. The van der Waals surface area contributed by atoms with Gasteiger partial charge in [-0.3, -0.25) is 19.4 Å². The summed E-state index contributed by atoms with van der Waals surface area (Å²) in [6, 6.07) is 7.81. The first-order valence-corrected chi connectivity index (χ1v) is 15.7. The van der Waals surface area contributed by atoms with E-state index in [9.17, 15) is 29.4 Å². The number of nitrogens with zero attached hydrogens (tertiary/aromatic N) is 2. The topological polar surface area (TPSA) is 205 Å². The van der Waals surface area contributed by atoms with Gasteiger partial charge in [0.1, 0.15) is 6.10 Å². The van der Waals surface area contributed by atoms with Gasteiger partial charge in [0.15, 0.2) is 23.7 Å². The Hall–Kier alpha value is -3.75. The number of imide groups is 1. The number of benzene rings is 2.